The molecule has 3 aromatic carbocycles. The summed E-state index contributed by atoms with van der Waals surface area (Å²) < 4.78 is 7.85. The van der Waals surface area contributed by atoms with Crippen molar-refractivity contribution in [1.29, 1.82) is 0 Å². The second kappa shape index (κ2) is 12.6. The maximum atomic E-state index is 13.0. The van der Waals surface area contributed by atoms with E-state index in [0.29, 0.717) is 64.6 Å². The Morgan fingerprint density at radius 3 is 2.40 bits per heavy atom. The van der Waals surface area contributed by atoms with Crippen LogP contribution < -0.4 is 27.3 Å². The lowest BCUT2D eigenvalue weighted by molar-refractivity contribution is -0.121. The van der Waals surface area contributed by atoms with E-state index in [9.17, 15) is 9.59 Å². The van der Waals surface area contributed by atoms with Gasteiger partial charge in [-0.1, -0.05) is 30.3 Å². The second-order valence-corrected chi connectivity index (χ2v) is 9.51. The first-order chi connectivity index (χ1) is 20.4. The van der Waals surface area contributed by atoms with Crippen molar-refractivity contribution in [3.63, 3.8) is 0 Å². The van der Waals surface area contributed by atoms with E-state index in [-0.39, 0.29) is 11.9 Å². The minimum Gasteiger partial charge on any atom is -0.457 e. The minimum absolute atomic E-state index is 0.0211. The molecule has 1 atom stereocenters. The number of guanidine groups is 1. The molecule has 0 spiro atoms. The van der Waals surface area contributed by atoms with Crippen LogP contribution in [-0.4, -0.2) is 38.9 Å². The van der Waals surface area contributed by atoms with Crippen LogP contribution in [0.4, 0.5) is 5.69 Å². The number of benzene rings is 3. The normalized spacial score (nSPS) is 11.5. The van der Waals surface area contributed by atoms with Crippen molar-refractivity contribution in [2.24, 2.45) is 22.2 Å². The van der Waals surface area contributed by atoms with Crippen LogP contribution >= 0.6 is 0 Å². The molecule has 5 aromatic rings. The molecule has 0 aliphatic carbocycles. The van der Waals surface area contributed by atoms with Crippen LogP contribution in [-0.2, 0) is 4.79 Å². The second-order valence-electron chi connectivity index (χ2n) is 9.51. The monoisotopic (exact) mass is 562 g/mol. The average Bonchev–Trinajstić information content (AvgIpc) is 3.36. The van der Waals surface area contributed by atoms with E-state index < -0.39 is 11.9 Å². The molecule has 212 valence electrons. The number of nitrogens with two attached hydrogens (primary N) is 3. The Balaban J connectivity index is 1.56. The fourth-order valence-electron chi connectivity index (χ4n) is 4.61. The van der Waals surface area contributed by atoms with E-state index in [4.69, 9.17) is 26.9 Å². The zero-order chi connectivity index (χ0) is 29.5. The van der Waals surface area contributed by atoms with Gasteiger partial charge in [0.25, 0.3) is 5.91 Å². The van der Waals surface area contributed by atoms with Crippen LogP contribution in [0.3, 0.4) is 0 Å². The number of carbonyl (C=O) groups excluding carboxylic acids is 2. The van der Waals surface area contributed by atoms with Gasteiger partial charge < -0.3 is 31.8 Å². The first-order valence-electron chi connectivity index (χ1n) is 13.3. The van der Waals surface area contributed by atoms with Crippen molar-refractivity contribution in [1.82, 2.24) is 14.5 Å². The summed E-state index contributed by atoms with van der Waals surface area (Å²) >= 11 is 0. The lowest BCUT2D eigenvalue weighted by atomic mass is 10.1. The van der Waals surface area contributed by atoms with Crippen LogP contribution in [0.25, 0.3) is 22.4 Å². The molecule has 0 radical (unpaired) electrons. The van der Waals surface area contributed by atoms with E-state index in [1.165, 1.54) is 0 Å². The topological polar surface area (TPSA) is 177 Å². The first-order valence-corrected chi connectivity index (χ1v) is 13.3. The number of ether oxygens (including phenoxy) is 1. The van der Waals surface area contributed by atoms with Gasteiger partial charge in [0.15, 0.2) is 5.96 Å². The molecule has 2 aromatic heterocycles. The van der Waals surface area contributed by atoms with Gasteiger partial charge in [0.1, 0.15) is 23.4 Å². The van der Waals surface area contributed by atoms with Gasteiger partial charge in [-0.2, -0.15) is 0 Å². The highest BCUT2D eigenvalue weighted by Gasteiger charge is 2.25. The summed E-state index contributed by atoms with van der Waals surface area (Å²) in [6.07, 6.45) is 4.07. The van der Waals surface area contributed by atoms with E-state index in [1.54, 1.807) is 47.3 Å². The van der Waals surface area contributed by atoms with Gasteiger partial charge in [0, 0.05) is 35.8 Å². The summed E-state index contributed by atoms with van der Waals surface area (Å²) in [6, 6.07) is 24.6. The SMILES string of the molecule is NC(=O)[C@@H](CCCN=C(N)N)n1c(-c2cccc(Oc3ccccc3)c2)nc2cc(C(=O)Nc3ccncc3)ccc21. The molecule has 2 amide bonds. The zero-order valence-electron chi connectivity index (χ0n) is 22.7. The third-order valence-electron chi connectivity index (χ3n) is 6.53. The molecule has 0 saturated carbocycles. The van der Waals surface area contributed by atoms with Crippen LogP contribution in [0.1, 0.15) is 29.2 Å². The number of fused-ring (bicyclic) bond motifs is 1. The molecule has 0 saturated heterocycles. The number of rotatable bonds is 11. The Hall–Kier alpha value is -5.71. The van der Waals surface area contributed by atoms with Gasteiger partial charge in [-0.15, -0.1) is 0 Å². The lowest BCUT2D eigenvalue weighted by Crippen LogP contribution is -2.27. The van der Waals surface area contributed by atoms with Crippen molar-refractivity contribution in [3.8, 4) is 22.9 Å². The van der Waals surface area contributed by atoms with Crippen molar-refractivity contribution >= 4 is 34.5 Å². The summed E-state index contributed by atoms with van der Waals surface area (Å²) in [7, 11) is 0. The van der Waals surface area contributed by atoms with Crippen molar-refractivity contribution in [2.45, 2.75) is 18.9 Å². The number of imidazole rings is 1. The Kier molecular flexibility index (Phi) is 8.38. The molecular formula is C31H30N8O3. The number of para-hydroxylation sites is 1. The number of aromatic nitrogens is 3. The Morgan fingerprint density at radius 1 is 0.905 bits per heavy atom. The Bertz CT molecular complexity index is 1730. The summed E-state index contributed by atoms with van der Waals surface area (Å²) in [5.41, 5.74) is 19.8. The average molecular weight is 563 g/mol. The number of hydrogen-bond donors (Lipinski definition) is 4. The molecule has 2 heterocycles. The van der Waals surface area contributed by atoms with Crippen LogP contribution in [0.5, 0.6) is 11.5 Å². The number of pyridine rings is 1. The predicted molar refractivity (Wildman–Crippen MR) is 162 cm³/mol. The third kappa shape index (κ3) is 6.53. The van der Waals surface area contributed by atoms with Gasteiger partial charge in [0.2, 0.25) is 5.91 Å². The van der Waals surface area contributed by atoms with Gasteiger partial charge in [-0.3, -0.25) is 19.6 Å². The molecule has 7 N–H and O–H groups in total. The number of nitrogens with one attached hydrogen (secondary N) is 1. The van der Waals surface area contributed by atoms with Gasteiger partial charge >= 0.3 is 0 Å². The van der Waals surface area contributed by atoms with Crippen molar-refractivity contribution < 1.29 is 14.3 Å². The van der Waals surface area contributed by atoms with E-state index in [2.05, 4.69) is 15.3 Å². The number of amides is 2. The predicted octanol–water partition coefficient (Wildman–Crippen LogP) is 4.22. The minimum atomic E-state index is -0.755. The van der Waals surface area contributed by atoms with E-state index >= 15 is 0 Å². The maximum Gasteiger partial charge on any atom is 0.255 e. The summed E-state index contributed by atoms with van der Waals surface area (Å²) in [5, 5.41) is 2.85. The molecule has 11 nitrogen and oxygen atoms in total. The molecule has 5 rings (SSSR count). The van der Waals surface area contributed by atoms with Gasteiger partial charge in [-0.25, -0.2) is 4.98 Å². The molecule has 0 fully saturated rings. The highest BCUT2D eigenvalue weighted by Crippen LogP contribution is 2.33. The lowest BCUT2D eigenvalue weighted by Gasteiger charge is -2.19. The van der Waals surface area contributed by atoms with Crippen LogP contribution in [0.15, 0.2) is 102 Å². The summed E-state index contributed by atoms with van der Waals surface area (Å²) in [4.78, 5) is 38.7. The van der Waals surface area contributed by atoms with E-state index in [0.717, 1.165) is 0 Å². The molecule has 0 bridgehead atoms. The number of primary amides is 1. The molecule has 0 aliphatic rings. The number of hydrogen-bond acceptors (Lipinski definition) is 6. The standard InChI is InChI=1S/C31H30N8O3/c32-28(40)27(10-5-15-36-31(33)34)39-26-12-11-21(30(41)37-22-13-16-35-17-14-22)19-25(26)38-29(39)20-6-4-9-24(18-20)42-23-7-2-1-3-8-23/h1-4,6-9,11-14,16-19,27H,5,10,15H2,(H2,32,40)(H4,33,34,36)(H,35,37,41)/t27-/m1/s1. The zero-order valence-corrected chi connectivity index (χ0v) is 22.7. The fraction of sp³-hybridized carbons (Fsp3) is 0.129. The largest absolute Gasteiger partial charge is 0.457 e. The number of nitrogens with zero attached hydrogens (tertiary/aromatic N) is 4. The third-order valence-corrected chi connectivity index (χ3v) is 6.53. The molecular weight excluding hydrogens is 532 g/mol. The quantitative estimate of drug-likeness (QED) is 0.106. The highest BCUT2D eigenvalue weighted by atomic mass is 16.5. The first kappa shape index (κ1) is 27.8. The number of carbonyl (C=O) groups is 2. The smallest absolute Gasteiger partial charge is 0.255 e. The molecule has 11 heteroatoms. The fourth-order valence-corrected chi connectivity index (χ4v) is 4.61. The summed E-state index contributed by atoms with van der Waals surface area (Å²) in [6.45, 7) is 0.341. The van der Waals surface area contributed by atoms with Gasteiger partial charge in [0.05, 0.1) is 11.0 Å². The number of aliphatic imine (C=N–C) groups is 1. The van der Waals surface area contributed by atoms with Crippen LogP contribution in [0, 0.1) is 0 Å². The number of anilines is 1. The Labute approximate surface area is 242 Å². The van der Waals surface area contributed by atoms with Crippen molar-refractivity contribution in [2.75, 3.05) is 11.9 Å². The maximum absolute atomic E-state index is 13.0. The summed E-state index contributed by atoms with van der Waals surface area (Å²) in [5.74, 6) is 0.923. The van der Waals surface area contributed by atoms with Crippen molar-refractivity contribution in [3.05, 3.63) is 103 Å². The van der Waals surface area contributed by atoms with Gasteiger partial charge in [-0.05, 0) is 67.4 Å². The van der Waals surface area contributed by atoms with E-state index in [1.807, 2.05) is 54.6 Å². The molecule has 0 aliphatic heterocycles. The molecule has 0 unspecified atom stereocenters. The molecule has 42 heavy (non-hydrogen) atoms. The van der Waals surface area contributed by atoms with Crippen LogP contribution in [0.2, 0.25) is 0 Å². The Morgan fingerprint density at radius 2 is 1.67 bits per heavy atom. The highest BCUT2D eigenvalue weighted by molar-refractivity contribution is 6.06.